The van der Waals surface area contributed by atoms with E-state index in [4.69, 9.17) is 5.73 Å². The van der Waals surface area contributed by atoms with Gasteiger partial charge in [-0.3, -0.25) is 0 Å². The molecule has 5 heteroatoms. The second-order valence-corrected chi connectivity index (χ2v) is 5.57. The SMILES string of the molecule is CC(CCCN(C)C)C(N)c1cccc(C(F)(F)F)c1. The van der Waals surface area contributed by atoms with E-state index in [-0.39, 0.29) is 12.0 Å². The molecule has 2 nitrogen and oxygen atoms in total. The Balaban J connectivity index is 2.69. The van der Waals surface area contributed by atoms with Gasteiger partial charge in [-0.15, -0.1) is 0 Å². The Kier molecular flexibility index (Phi) is 6.02. The van der Waals surface area contributed by atoms with Crippen LogP contribution >= 0.6 is 0 Å². The van der Waals surface area contributed by atoms with Crippen LogP contribution in [0.25, 0.3) is 0 Å². The highest BCUT2D eigenvalue weighted by molar-refractivity contribution is 5.28. The lowest BCUT2D eigenvalue weighted by molar-refractivity contribution is -0.137. The lowest BCUT2D eigenvalue weighted by Gasteiger charge is -2.22. The molecule has 0 fully saturated rings. The summed E-state index contributed by atoms with van der Waals surface area (Å²) in [5, 5.41) is 0. The maximum atomic E-state index is 12.7. The van der Waals surface area contributed by atoms with Gasteiger partial charge < -0.3 is 10.6 Å². The summed E-state index contributed by atoms with van der Waals surface area (Å²) in [6.45, 7) is 2.94. The first-order valence-electron chi connectivity index (χ1n) is 6.79. The summed E-state index contributed by atoms with van der Waals surface area (Å²) >= 11 is 0. The van der Waals surface area contributed by atoms with Crippen molar-refractivity contribution in [3.05, 3.63) is 35.4 Å². The molecule has 0 aliphatic heterocycles. The summed E-state index contributed by atoms with van der Waals surface area (Å²) < 4.78 is 38.0. The normalized spacial score (nSPS) is 15.4. The van der Waals surface area contributed by atoms with Crippen LogP contribution in [0.1, 0.15) is 36.9 Å². The summed E-state index contributed by atoms with van der Waals surface area (Å²) in [6.07, 6.45) is -2.43. The molecule has 2 N–H and O–H groups in total. The fraction of sp³-hybridized carbons (Fsp3) is 0.600. The molecule has 1 aromatic carbocycles. The molecule has 1 rings (SSSR count). The Morgan fingerprint density at radius 2 is 1.90 bits per heavy atom. The molecule has 0 aliphatic rings. The molecule has 20 heavy (non-hydrogen) atoms. The van der Waals surface area contributed by atoms with Crippen molar-refractivity contribution >= 4 is 0 Å². The maximum absolute atomic E-state index is 12.7. The van der Waals surface area contributed by atoms with Gasteiger partial charge in [-0.05, 0) is 57.1 Å². The predicted molar refractivity (Wildman–Crippen MR) is 75.3 cm³/mol. The second-order valence-electron chi connectivity index (χ2n) is 5.57. The van der Waals surface area contributed by atoms with Crippen LogP contribution in [0.5, 0.6) is 0 Å². The van der Waals surface area contributed by atoms with Crippen LogP contribution in [0.3, 0.4) is 0 Å². The third-order valence-corrected chi connectivity index (χ3v) is 3.48. The fourth-order valence-corrected chi connectivity index (χ4v) is 2.16. The molecule has 0 spiro atoms. The molecule has 0 amide bonds. The van der Waals surface area contributed by atoms with Gasteiger partial charge in [-0.1, -0.05) is 19.1 Å². The largest absolute Gasteiger partial charge is 0.416 e. The van der Waals surface area contributed by atoms with Gasteiger partial charge in [-0.25, -0.2) is 0 Å². The fourth-order valence-electron chi connectivity index (χ4n) is 2.16. The minimum absolute atomic E-state index is 0.151. The Morgan fingerprint density at radius 1 is 1.25 bits per heavy atom. The van der Waals surface area contributed by atoms with Gasteiger partial charge >= 0.3 is 6.18 Å². The number of nitrogens with two attached hydrogens (primary N) is 1. The summed E-state index contributed by atoms with van der Waals surface area (Å²) in [7, 11) is 3.99. The highest BCUT2D eigenvalue weighted by Crippen LogP contribution is 2.32. The van der Waals surface area contributed by atoms with Crippen molar-refractivity contribution in [2.24, 2.45) is 11.7 Å². The molecule has 114 valence electrons. The Labute approximate surface area is 118 Å². The standard InChI is InChI=1S/C15H23F3N2/c1-11(6-5-9-20(2)3)14(19)12-7-4-8-13(10-12)15(16,17)18/h4,7-8,10-11,14H,5-6,9,19H2,1-3H3. The van der Waals surface area contributed by atoms with E-state index < -0.39 is 11.7 Å². The predicted octanol–water partition coefficient (Wildman–Crippen LogP) is 3.68. The third kappa shape index (κ3) is 5.13. The molecule has 0 radical (unpaired) electrons. The number of hydrogen-bond acceptors (Lipinski definition) is 2. The van der Waals surface area contributed by atoms with E-state index >= 15 is 0 Å². The van der Waals surface area contributed by atoms with E-state index in [2.05, 4.69) is 4.90 Å². The lowest BCUT2D eigenvalue weighted by atomic mass is 9.90. The van der Waals surface area contributed by atoms with Crippen molar-refractivity contribution in [3.63, 3.8) is 0 Å². The molecule has 2 unspecified atom stereocenters. The first kappa shape index (κ1) is 17.0. The van der Waals surface area contributed by atoms with E-state index in [9.17, 15) is 13.2 Å². The van der Waals surface area contributed by atoms with Crippen molar-refractivity contribution in [1.82, 2.24) is 4.90 Å². The molecule has 2 atom stereocenters. The van der Waals surface area contributed by atoms with Crippen molar-refractivity contribution < 1.29 is 13.2 Å². The van der Waals surface area contributed by atoms with E-state index in [0.717, 1.165) is 31.5 Å². The Bertz CT molecular complexity index is 416. The van der Waals surface area contributed by atoms with E-state index in [1.54, 1.807) is 6.07 Å². The Hall–Kier alpha value is -1.07. The van der Waals surface area contributed by atoms with Gasteiger partial charge in [0.25, 0.3) is 0 Å². The summed E-state index contributed by atoms with van der Waals surface area (Å²) in [5.74, 6) is 0.151. The summed E-state index contributed by atoms with van der Waals surface area (Å²) in [5.41, 5.74) is 6.01. The minimum atomic E-state index is -4.32. The van der Waals surface area contributed by atoms with Gasteiger partial charge in [-0.2, -0.15) is 13.2 Å². The number of rotatable bonds is 6. The first-order valence-corrected chi connectivity index (χ1v) is 6.79. The molecular weight excluding hydrogens is 265 g/mol. The van der Waals surface area contributed by atoms with E-state index in [0.29, 0.717) is 5.56 Å². The van der Waals surface area contributed by atoms with Crippen LogP contribution in [0.15, 0.2) is 24.3 Å². The average Bonchev–Trinajstić information content (AvgIpc) is 2.36. The van der Waals surface area contributed by atoms with Crippen LogP contribution in [0, 0.1) is 5.92 Å². The van der Waals surface area contributed by atoms with Gasteiger partial charge in [0.05, 0.1) is 5.56 Å². The van der Waals surface area contributed by atoms with Gasteiger partial charge in [0.2, 0.25) is 0 Å². The van der Waals surface area contributed by atoms with Crippen LogP contribution in [0.2, 0.25) is 0 Å². The van der Waals surface area contributed by atoms with E-state index in [1.165, 1.54) is 6.07 Å². The molecule has 0 saturated carbocycles. The number of alkyl halides is 3. The molecule has 0 saturated heterocycles. The number of halogens is 3. The van der Waals surface area contributed by atoms with Crippen molar-refractivity contribution in [3.8, 4) is 0 Å². The van der Waals surface area contributed by atoms with Crippen LogP contribution < -0.4 is 5.73 Å². The molecule has 1 aromatic rings. The smallest absolute Gasteiger partial charge is 0.324 e. The van der Waals surface area contributed by atoms with E-state index in [1.807, 2.05) is 21.0 Å². The summed E-state index contributed by atoms with van der Waals surface area (Å²) in [6, 6.07) is 4.96. The van der Waals surface area contributed by atoms with Crippen LogP contribution in [-0.2, 0) is 6.18 Å². The van der Waals surface area contributed by atoms with Gasteiger partial charge in [0.15, 0.2) is 0 Å². The second kappa shape index (κ2) is 7.09. The maximum Gasteiger partial charge on any atom is 0.416 e. The zero-order valence-corrected chi connectivity index (χ0v) is 12.2. The Morgan fingerprint density at radius 3 is 2.45 bits per heavy atom. The molecular formula is C15H23F3N2. The minimum Gasteiger partial charge on any atom is -0.324 e. The van der Waals surface area contributed by atoms with Crippen molar-refractivity contribution in [1.29, 1.82) is 0 Å². The molecule has 0 aliphatic carbocycles. The van der Waals surface area contributed by atoms with Crippen molar-refractivity contribution in [2.45, 2.75) is 32.0 Å². The van der Waals surface area contributed by atoms with Crippen molar-refractivity contribution in [2.75, 3.05) is 20.6 Å². The number of nitrogens with zero attached hydrogens (tertiary/aromatic N) is 1. The topological polar surface area (TPSA) is 29.3 Å². The van der Waals surface area contributed by atoms with Gasteiger partial charge in [0.1, 0.15) is 0 Å². The number of hydrogen-bond donors (Lipinski definition) is 1. The zero-order chi connectivity index (χ0) is 15.3. The van der Waals surface area contributed by atoms with Crippen LogP contribution in [-0.4, -0.2) is 25.5 Å². The summed E-state index contributed by atoms with van der Waals surface area (Å²) in [4.78, 5) is 2.09. The lowest BCUT2D eigenvalue weighted by Crippen LogP contribution is -2.21. The highest BCUT2D eigenvalue weighted by atomic mass is 19.4. The third-order valence-electron chi connectivity index (χ3n) is 3.48. The average molecular weight is 288 g/mol. The monoisotopic (exact) mass is 288 g/mol. The first-order chi connectivity index (χ1) is 9.21. The quantitative estimate of drug-likeness (QED) is 0.865. The zero-order valence-electron chi connectivity index (χ0n) is 12.2. The van der Waals surface area contributed by atoms with Gasteiger partial charge in [0, 0.05) is 6.04 Å². The number of benzene rings is 1. The molecule has 0 aromatic heterocycles. The van der Waals surface area contributed by atoms with Crippen LogP contribution in [0.4, 0.5) is 13.2 Å². The molecule has 0 bridgehead atoms. The highest BCUT2D eigenvalue weighted by Gasteiger charge is 2.31. The molecule has 0 heterocycles.